The van der Waals surface area contributed by atoms with Crippen LogP contribution in [0.2, 0.25) is 0 Å². The third-order valence-corrected chi connectivity index (χ3v) is 3.90. The van der Waals surface area contributed by atoms with Crippen molar-refractivity contribution in [1.29, 1.82) is 5.26 Å². The molecule has 1 aromatic carbocycles. The minimum atomic E-state index is 0.0765. The molecule has 1 aliphatic heterocycles. The maximum absolute atomic E-state index is 9.24. The van der Waals surface area contributed by atoms with Gasteiger partial charge in [-0.25, -0.2) is 4.98 Å². The zero-order valence-electron chi connectivity index (χ0n) is 12.3. The first kappa shape index (κ1) is 14.3. The van der Waals surface area contributed by atoms with Gasteiger partial charge in [-0.2, -0.15) is 10.2 Å². The lowest BCUT2D eigenvalue weighted by Crippen LogP contribution is -2.18. The van der Waals surface area contributed by atoms with Crippen LogP contribution in [-0.4, -0.2) is 28.0 Å². The van der Waals surface area contributed by atoms with Crippen molar-refractivity contribution < 1.29 is 0 Å². The van der Waals surface area contributed by atoms with E-state index >= 15 is 0 Å². The third kappa shape index (κ3) is 2.85. The predicted octanol–water partition coefficient (Wildman–Crippen LogP) is 1.78. The van der Waals surface area contributed by atoms with Gasteiger partial charge in [0.25, 0.3) is 0 Å². The lowest BCUT2D eigenvalue weighted by molar-refractivity contribution is 0.331. The smallest absolute Gasteiger partial charge is 0.222 e. The molecular formula is C16H18N6. The maximum atomic E-state index is 9.24. The molecule has 2 aromatic rings. The monoisotopic (exact) mass is 294 g/mol. The molecular weight excluding hydrogens is 276 g/mol. The second-order valence-electron chi connectivity index (χ2n) is 5.48. The first-order valence-electron chi connectivity index (χ1n) is 7.32. The third-order valence-electron chi connectivity index (χ3n) is 3.90. The highest BCUT2D eigenvalue weighted by molar-refractivity contribution is 5.73. The molecule has 0 saturated carbocycles. The summed E-state index contributed by atoms with van der Waals surface area (Å²) in [5, 5.41) is 9.24. The van der Waals surface area contributed by atoms with E-state index in [-0.39, 0.29) is 17.3 Å². The fourth-order valence-corrected chi connectivity index (χ4v) is 2.78. The first-order chi connectivity index (χ1) is 10.7. The van der Waals surface area contributed by atoms with E-state index in [1.165, 1.54) is 31.5 Å². The van der Waals surface area contributed by atoms with Crippen LogP contribution >= 0.6 is 0 Å². The number of rotatable bonds is 3. The van der Waals surface area contributed by atoms with Crippen LogP contribution in [-0.2, 0) is 6.54 Å². The van der Waals surface area contributed by atoms with Crippen molar-refractivity contribution in [1.82, 2.24) is 14.9 Å². The molecule has 1 aliphatic rings. The second-order valence-corrected chi connectivity index (χ2v) is 5.48. The summed E-state index contributed by atoms with van der Waals surface area (Å²) in [6, 6.07) is 10.1. The van der Waals surface area contributed by atoms with Crippen LogP contribution in [0.3, 0.4) is 0 Å². The fraction of sp³-hybridized carbons (Fsp3) is 0.312. The van der Waals surface area contributed by atoms with E-state index in [0.717, 1.165) is 12.1 Å². The average molecular weight is 294 g/mol. The van der Waals surface area contributed by atoms with Gasteiger partial charge in [-0.3, -0.25) is 4.90 Å². The van der Waals surface area contributed by atoms with Gasteiger partial charge in [0.1, 0.15) is 17.5 Å². The van der Waals surface area contributed by atoms with Crippen molar-refractivity contribution in [3.8, 4) is 17.3 Å². The van der Waals surface area contributed by atoms with Gasteiger partial charge < -0.3 is 11.5 Å². The van der Waals surface area contributed by atoms with E-state index in [1.54, 1.807) is 0 Å². The number of benzene rings is 1. The number of hydrogen-bond acceptors (Lipinski definition) is 6. The predicted molar refractivity (Wildman–Crippen MR) is 85.5 cm³/mol. The standard InChI is InChI=1S/C16H18N6/c17-9-13-14(20-16(19)21-15(13)18)12-5-3-11(4-6-12)10-22-7-1-2-8-22/h3-6H,1-2,7-8,10H2,(H4,18,19,20,21). The van der Waals surface area contributed by atoms with E-state index in [0.29, 0.717) is 5.69 Å². The van der Waals surface area contributed by atoms with Crippen LogP contribution in [0, 0.1) is 11.3 Å². The van der Waals surface area contributed by atoms with Gasteiger partial charge in [0, 0.05) is 12.1 Å². The fourth-order valence-electron chi connectivity index (χ4n) is 2.78. The Balaban J connectivity index is 1.88. The molecule has 4 N–H and O–H groups in total. The molecule has 0 aliphatic carbocycles. The Bertz CT molecular complexity index is 711. The molecule has 2 heterocycles. The summed E-state index contributed by atoms with van der Waals surface area (Å²) < 4.78 is 0. The normalized spacial score (nSPS) is 14.9. The van der Waals surface area contributed by atoms with Crippen molar-refractivity contribution in [3.63, 3.8) is 0 Å². The summed E-state index contributed by atoms with van der Waals surface area (Å²) in [5.41, 5.74) is 14.2. The zero-order valence-corrected chi connectivity index (χ0v) is 12.3. The summed E-state index contributed by atoms with van der Waals surface area (Å²) in [5.74, 6) is 0.193. The Morgan fingerprint density at radius 2 is 1.77 bits per heavy atom. The number of nitrogens with two attached hydrogens (primary N) is 2. The summed E-state index contributed by atoms with van der Waals surface area (Å²) in [7, 11) is 0. The largest absolute Gasteiger partial charge is 0.382 e. The lowest BCUT2D eigenvalue weighted by atomic mass is 10.0. The van der Waals surface area contributed by atoms with Gasteiger partial charge in [-0.15, -0.1) is 0 Å². The van der Waals surface area contributed by atoms with Gasteiger partial charge in [0.2, 0.25) is 5.95 Å². The number of nitriles is 1. The summed E-state index contributed by atoms with van der Waals surface area (Å²) in [6.07, 6.45) is 2.56. The molecule has 0 atom stereocenters. The summed E-state index contributed by atoms with van der Waals surface area (Å²) in [4.78, 5) is 10.4. The van der Waals surface area contributed by atoms with E-state index < -0.39 is 0 Å². The number of nitrogens with zero attached hydrogens (tertiary/aromatic N) is 4. The highest BCUT2D eigenvalue weighted by Crippen LogP contribution is 2.26. The van der Waals surface area contributed by atoms with Crippen LogP contribution in [0.4, 0.5) is 11.8 Å². The SMILES string of the molecule is N#Cc1c(N)nc(N)nc1-c1ccc(CN2CCCC2)cc1. The van der Waals surface area contributed by atoms with Crippen LogP contribution in [0.1, 0.15) is 24.0 Å². The zero-order chi connectivity index (χ0) is 15.5. The van der Waals surface area contributed by atoms with Crippen LogP contribution in [0.25, 0.3) is 11.3 Å². The highest BCUT2D eigenvalue weighted by Gasteiger charge is 2.14. The number of likely N-dealkylation sites (tertiary alicyclic amines) is 1. The van der Waals surface area contributed by atoms with Gasteiger partial charge in [0.05, 0.1) is 5.69 Å². The molecule has 3 rings (SSSR count). The van der Waals surface area contributed by atoms with E-state index in [1.807, 2.05) is 18.2 Å². The number of anilines is 2. The minimum absolute atomic E-state index is 0.0765. The van der Waals surface area contributed by atoms with Crippen molar-refractivity contribution >= 4 is 11.8 Å². The summed E-state index contributed by atoms with van der Waals surface area (Å²) >= 11 is 0. The topological polar surface area (TPSA) is 105 Å². The van der Waals surface area contributed by atoms with E-state index in [9.17, 15) is 5.26 Å². The molecule has 0 spiro atoms. The average Bonchev–Trinajstić information content (AvgIpc) is 3.00. The van der Waals surface area contributed by atoms with E-state index in [2.05, 4.69) is 27.0 Å². The van der Waals surface area contributed by atoms with Gasteiger partial charge in [0.15, 0.2) is 0 Å². The van der Waals surface area contributed by atoms with E-state index in [4.69, 9.17) is 11.5 Å². The molecule has 112 valence electrons. The number of hydrogen-bond donors (Lipinski definition) is 2. The number of aromatic nitrogens is 2. The molecule has 1 fully saturated rings. The molecule has 1 saturated heterocycles. The lowest BCUT2D eigenvalue weighted by Gasteiger charge is -2.14. The molecule has 22 heavy (non-hydrogen) atoms. The van der Waals surface area contributed by atoms with Gasteiger partial charge >= 0.3 is 0 Å². The molecule has 6 nitrogen and oxygen atoms in total. The van der Waals surface area contributed by atoms with Crippen LogP contribution in [0.15, 0.2) is 24.3 Å². The van der Waals surface area contributed by atoms with Gasteiger partial charge in [-0.05, 0) is 31.5 Å². The molecule has 6 heteroatoms. The maximum Gasteiger partial charge on any atom is 0.222 e. The molecule has 0 amide bonds. The molecule has 1 aromatic heterocycles. The van der Waals surface area contributed by atoms with Crippen molar-refractivity contribution in [2.75, 3.05) is 24.6 Å². The minimum Gasteiger partial charge on any atom is -0.382 e. The Kier molecular flexibility index (Phi) is 3.90. The quantitative estimate of drug-likeness (QED) is 0.894. The Hall–Kier alpha value is -2.65. The first-order valence-corrected chi connectivity index (χ1v) is 7.32. The van der Waals surface area contributed by atoms with Gasteiger partial charge in [-0.1, -0.05) is 24.3 Å². The second kappa shape index (κ2) is 6.00. The Morgan fingerprint density at radius 1 is 1.09 bits per heavy atom. The highest BCUT2D eigenvalue weighted by atomic mass is 15.1. The Morgan fingerprint density at radius 3 is 2.41 bits per heavy atom. The Labute approximate surface area is 129 Å². The molecule has 0 unspecified atom stereocenters. The summed E-state index contributed by atoms with van der Waals surface area (Å²) in [6.45, 7) is 3.29. The molecule has 0 bridgehead atoms. The molecule has 0 radical (unpaired) electrons. The van der Waals surface area contributed by atoms with Crippen molar-refractivity contribution in [3.05, 3.63) is 35.4 Å². The van der Waals surface area contributed by atoms with Crippen LogP contribution in [0.5, 0.6) is 0 Å². The van der Waals surface area contributed by atoms with Crippen LogP contribution < -0.4 is 11.5 Å². The van der Waals surface area contributed by atoms with Crippen molar-refractivity contribution in [2.24, 2.45) is 0 Å². The van der Waals surface area contributed by atoms with Crippen molar-refractivity contribution in [2.45, 2.75) is 19.4 Å². The number of nitrogen functional groups attached to an aromatic ring is 2.